The largest absolute Gasteiger partial charge is 0.493 e. The number of hydrogen-bond acceptors (Lipinski definition) is 7. The number of fused-ring (bicyclic) bond motifs is 3. The summed E-state index contributed by atoms with van der Waals surface area (Å²) in [5.41, 5.74) is 0.0329. The molecule has 33 heavy (non-hydrogen) atoms. The van der Waals surface area contributed by atoms with Gasteiger partial charge in [-0.15, -0.1) is 0 Å². The lowest BCUT2D eigenvalue weighted by atomic mass is 9.66. The van der Waals surface area contributed by atoms with Gasteiger partial charge in [-0.2, -0.15) is 15.6 Å². The van der Waals surface area contributed by atoms with Crippen molar-refractivity contribution in [3.05, 3.63) is 59.2 Å². The Balaban J connectivity index is 2.02. The summed E-state index contributed by atoms with van der Waals surface area (Å²) < 4.78 is 10.9. The Morgan fingerprint density at radius 3 is 2.33 bits per heavy atom. The molecule has 2 aliphatic heterocycles. The molecule has 168 valence electrons. The zero-order valence-corrected chi connectivity index (χ0v) is 19.4. The van der Waals surface area contributed by atoms with Gasteiger partial charge in [-0.1, -0.05) is 51.1 Å². The monoisotopic (exact) mass is 442 g/mol. The fourth-order valence-corrected chi connectivity index (χ4v) is 4.97. The maximum Gasteiger partial charge on any atom is 0.178 e. The van der Waals surface area contributed by atoms with Crippen LogP contribution in [0.3, 0.4) is 0 Å². The van der Waals surface area contributed by atoms with Crippen molar-refractivity contribution in [1.29, 1.82) is 10.5 Å². The first kappa shape index (κ1) is 22.4. The van der Waals surface area contributed by atoms with Crippen LogP contribution >= 0.6 is 0 Å². The number of carbonyl (C=O) groups excluding carboxylic acids is 1. The van der Waals surface area contributed by atoms with Crippen molar-refractivity contribution in [2.45, 2.75) is 38.8 Å². The lowest BCUT2D eigenvalue weighted by Crippen LogP contribution is -2.43. The fraction of sp³-hybridized carbons (Fsp3) is 0.385. The predicted molar refractivity (Wildman–Crippen MR) is 123 cm³/mol. The van der Waals surface area contributed by atoms with Crippen LogP contribution < -0.4 is 9.47 Å². The number of hydrazone groups is 1. The molecular weight excluding hydrogens is 416 g/mol. The van der Waals surface area contributed by atoms with E-state index in [1.54, 1.807) is 36.5 Å². The van der Waals surface area contributed by atoms with Gasteiger partial charge in [0, 0.05) is 11.3 Å². The van der Waals surface area contributed by atoms with E-state index >= 15 is 0 Å². The maximum absolute atomic E-state index is 13.8. The molecule has 1 fully saturated rings. The number of Topliss-reactive ketones (excluding diaryl/α,β-unsaturated/α-hetero) is 1. The summed E-state index contributed by atoms with van der Waals surface area (Å²) in [4.78, 5) is 13.8. The van der Waals surface area contributed by atoms with Crippen LogP contribution in [0.15, 0.2) is 47.6 Å². The van der Waals surface area contributed by atoms with E-state index in [4.69, 9.17) is 9.47 Å². The number of ketones is 1. The molecule has 7 nitrogen and oxygen atoms in total. The number of ether oxygens (including phenoxy) is 2. The summed E-state index contributed by atoms with van der Waals surface area (Å²) in [5, 5.41) is 27.3. The van der Waals surface area contributed by atoms with Gasteiger partial charge in [0.15, 0.2) is 22.7 Å². The Labute approximate surface area is 193 Å². The Morgan fingerprint density at radius 1 is 1.06 bits per heavy atom. The van der Waals surface area contributed by atoms with Crippen LogP contribution in [0, 0.1) is 33.5 Å². The van der Waals surface area contributed by atoms with Gasteiger partial charge in [-0.05, 0) is 28.8 Å². The molecule has 0 amide bonds. The molecule has 0 bridgehead atoms. The van der Waals surface area contributed by atoms with E-state index < -0.39 is 28.8 Å². The molecule has 2 aromatic carbocycles. The molecule has 0 spiro atoms. The van der Waals surface area contributed by atoms with E-state index in [2.05, 4.69) is 17.2 Å². The van der Waals surface area contributed by atoms with Crippen LogP contribution in [0.5, 0.6) is 11.5 Å². The zero-order chi connectivity index (χ0) is 24.0. The molecule has 0 aromatic heterocycles. The highest BCUT2D eigenvalue weighted by Gasteiger charge is 2.65. The third kappa shape index (κ3) is 3.24. The molecule has 2 aliphatic rings. The third-order valence-corrected chi connectivity index (χ3v) is 6.55. The molecular formula is C26H26N4O3. The van der Waals surface area contributed by atoms with Gasteiger partial charge < -0.3 is 9.47 Å². The second kappa shape index (κ2) is 7.94. The highest BCUT2D eigenvalue weighted by atomic mass is 16.5. The number of carbonyl (C=O) groups is 1. The van der Waals surface area contributed by atoms with E-state index in [1.165, 1.54) is 7.11 Å². The second-order valence-corrected chi connectivity index (χ2v) is 9.40. The van der Waals surface area contributed by atoms with Crippen molar-refractivity contribution >= 4 is 12.0 Å². The molecule has 1 saturated heterocycles. The number of methoxy groups -OCH3 is 2. The van der Waals surface area contributed by atoms with Gasteiger partial charge in [0.25, 0.3) is 0 Å². The SMILES string of the molecule is COc1ccc([C@@H]2[C@H](C(=O)C(C)(C)C)N3N=Cc4ccccc4[C@@H]3C2(C#N)C#N)cc1OC. The van der Waals surface area contributed by atoms with E-state index in [0.29, 0.717) is 17.1 Å². The van der Waals surface area contributed by atoms with E-state index in [-0.39, 0.29) is 5.78 Å². The number of benzene rings is 2. The summed E-state index contributed by atoms with van der Waals surface area (Å²) in [6, 6.07) is 16.0. The second-order valence-electron chi connectivity index (χ2n) is 9.40. The quantitative estimate of drug-likeness (QED) is 0.703. The molecule has 0 radical (unpaired) electrons. The minimum atomic E-state index is -1.56. The zero-order valence-electron chi connectivity index (χ0n) is 19.4. The van der Waals surface area contributed by atoms with E-state index in [0.717, 1.165) is 11.1 Å². The summed E-state index contributed by atoms with van der Waals surface area (Å²) in [5.74, 6) is 0.151. The molecule has 0 saturated carbocycles. The van der Waals surface area contributed by atoms with Crippen molar-refractivity contribution in [1.82, 2.24) is 5.01 Å². The Morgan fingerprint density at radius 2 is 1.73 bits per heavy atom. The minimum absolute atomic E-state index is 0.0869. The average Bonchev–Trinajstić information content (AvgIpc) is 3.13. The maximum atomic E-state index is 13.8. The number of hydrogen-bond donors (Lipinski definition) is 0. The summed E-state index contributed by atoms with van der Waals surface area (Å²) in [6.07, 6.45) is 1.70. The van der Waals surface area contributed by atoms with Crippen molar-refractivity contribution in [3.8, 4) is 23.6 Å². The molecule has 2 aromatic rings. The molecule has 4 rings (SSSR count). The first-order chi connectivity index (χ1) is 15.7. The molecule has 3 atom stereocenters. The van der Waals surface area contributed by atoms with Crippen LogP contribution in [-0.2, 0) is 4.79 Å². The Hall–Kier alpha value is -3.84. The Kier molecular flexibility index (Phi) is 5.38. The fourth-order valence-electron chi connectivity index (χ4n) is 4.97. The highest BCUT2D eigenvalue weighted by molar-refractivity contribution is 5.92. The molecule has 2 heterocycles. The van der Waals surface area contributed by atoms with Crippen molar-refractivity contribution < 1.29 is 14.3 Å². The highest BCUT2D eigenvalue weighted by Crippen LogP contribution is 2.60. The van der Waals surface area contributed by atoms with E-state index in [1.807, 2.05) is 45.0 Å². The van der Waals surface area contributed by atoms with Crippen molar-refractivity contribution in [2.24, 2.45) is 15.9 Å². The van der Waals surface area contributed by atoms with Gasteiger partial charge in [0.1, 0.15) is 12.1 Å². The standard InChI is InChI=1S/C26H26N4O3/c1-25(2,3)24(31)22-21(16-10-11-19(32-4)20(12-16)33-5)26(14-27,15-28)23-18-9-7-6-8-17(18)13-29-30(22)23/h6-13,21-23H,1-5H3/t21-,22-,23-/m1/s1. The molecule has 0 unspecified atom stereocenters. The first-order valence-corrected chi connectivity index (χ1v) is 10.7. The topological polar surface area (TPSA) is 98.7 Å². The first-order valence-electron chi connectivity index (χ1n) is 10.7. The predicted octanol–water partition coefficient (Wildman–Crippen LogP) is 4.21. The molecule has 7 heteroatoms. The summed E-state index contributed by atoms with van der Waals surface area (Å²) in [6.45, 7) is 5.53. The third-order valence-electron chi connectivity index (χ3n) is 6.55. The van der Waals surface area contributed by atoms with Crippen molar-refractivity contribution in [2.75, 3.05) is 14.2 Å². The van der Waals surface area contributed by atoms with Crippen LogP contribution in [-0.4, -0.2) is 37.3 Å². The van der Waals surface area contributed by atoms with Crippen LogP contribution in [0.1, 0.15) is 49.4 Å². The van der Waals surface area contributed by atoms with Gasteiger partial charge in [0.2, 0.25) is 0 Å². The lowest BCUT2D eigenvalue weighted by Gasteiger charge is -2.34. The smallest absolute Gasteiger partial charge is 0.178 e. The number of rotatable bonds is 4. The minimum Gasteiger partial charge on any atom is -0.493 e. The van der Waals surface area contributed by atoms with Crippen molar-refractivity contribution in [3.63, 3.8) is 0 Å². The van der Waals surface area contributed by atoms with Gasteiger partial charge in [-0.25, -0.2) is 0 Å². The summed E-state index contributed by atoms with van der Waals surface area (Å²) >= 11 is 0. The van der Waals surface area contributed by atoms with Gasteiger partial charge in [-0.3, -0.25) is 9.80 Å². The van der Waals surface area contributed by atoms with Crippen LogP contribution in [0.2, 0.25) is 0 Å². The van der Waals surface area contributed by atoms with Crippen LogP contribution in [0.4, 0.5) is 0 Å². The van der Waals surface area contributed by atoms with Crippen LogP contribution in [0.25, 0.3) is 0 Å². The van der Waals surface area contributed by atoms with Gasteiger partial charge in [0.05, 0.1) is 32.6 Å². The summed E-state index contributed by atoms with van der Waals surface area (Å²) in [7, 11) is 3.07. The van der Waals surface area contributed by atoms with E-state index in [9.17, 15) is 15.3 Å². The Bertz CT molecular complexity index is 1200. The number of nitrogens with zero attached hydrogens (tertiary/aromatic N) is 4. The van der Waals surface area contributed by atoms with Gasteiger partial charge >= 0.3 is 0 Å². The molecule has 0 N–H and O–H groups in total. The lowest BCUT2D eigenvalue weighted by molar-refractivity contribution is -0.131. The molecule has 0 aliphatic carbocycles. The normalized spacial score (nSPS) is 22.5. The number of nitriles is 2. The average molecular weight is 443 g/mol.